The van der Waals surface area contributed by atoms with Crippen molar-refractivity contribution in [1.29, 1.82) is 0 Å². The Balaban J connectivity index is 1.67. The molecule has 1 heterocycles. The van der Waals surface area contributed by atoms with Crippen LogP contribution < -0.4 is 10.6 Å². The number of aromatic nitrogens is 2. The fourth-order valence-corrected chi connectivity index (χ4v) is 3.18. The van der Waals surface area contributed by atoms with Crippen molar-refractivity contribution in [2.75, 3.05) is 5.32 Å². The third-order valence-corrected chi connectivity index (χ3v) is 5.02. The molecule has 0 saturated heterocycles. The number of aryl methyl sites for hydroxylation is 1. The van der Waals surface area contributed by atoms with E-state index in [9.17, 15) is 27.2 Å². The summed E-state index contributed by atoms with van der Waals surface area (Å²) in [6.07, 6.45) is -2.45. The molecule has 0 aliphatic heterocycles. The molecule has 1 aliphatic rings. The highest BCUT2D eigenvalue weighted by atomic mass is 19.4. The Morgan fingerprint density at radius 2 is 1.81 bits per heavy atom. The van der Waals surface area contributed by atoms with Gasteiger partial charge in [-0.3, -0.25) is 9.59 Å². The molecule has 0 bridgehead atoms. The van der Waals surface area contributed by atoms with Crippen LogP contribution in [0.4, 0.5) is 23.2 Å². The lowest BCUT2D eigenvalue weighted by molar-refractivity contribution is -0.143. The van der Waals surface area contributed by atoms with Gasteiger partial charge in [0.1, 0.15) is 11.5 Å². The Hall–Kier alpha value is -3.69. The van der Waals surface area contributed by atoms with Gasteiger partial charge in [-0.1, -0.05) is 18.2 Å². The SMILES string of the molecule is Cc1ccc(C(=O)NC2CC2)cc1NC(=O)c1cnn(-c2ccccc2F)c1C(F)(F)F. The van der Waals surface area contributed by atoms with Crippen LogP contribution in [0.3, 0.4) is 0 Å². The molecule has 2 amide bonds. The topological polar surface area (TPSA) is 76.0 Å². The second-order valence-electron chi connectivity index (χ2n) is 7.50. The van der Waals surface area contributed by atoms with Gasteiger partial charge in [-0.15, -0.1) is 0 Å². The molecule has 6 nitrogen and oxygen atoms in total. The maximum atomic E-state index is 14.1. The summed E-state index contributed by atoms with van der Waals surface area (Å²) in [4.78, 5) is 25.0. The quantitative estimate of drug-likeness (QED) is 0.568. The number of amides is 2. The number of para-hydroxylation sites is 1. The Morgan fingerprint density at radius 3 is 2.47 bits per heavy atom. The van der Waals surface area contributed by atoms with E-state index in [-0.39, 0.29) is 23.2 Å². The fourth-order valence-electron chi connectivity index (χ4n) is 3.18. The number of anilines is 1. The minimum absolute atomic E-state index is 0.125. The van der Waals surface area contributed by atoms with Crippen molar-refractivity contribution >= 4 is 17.5 Å². The van der Waals surface area contributed by atoms with E-state index in [0.29, 0.717) is 10.2 Å². The minimum atomic E-state index is -4.98. The van der Waals surface area contributed by atoms with Crippen LogP contribution in [0.2, 0.25) is 0 Å². The Bertz CT molecular complexity index is 1200. The largest absolute Gasteiger partial charge is 0.434 e. The summed E-state index contributed by atoms with van der Waals surface area (Å²) in [6, 6.07) is 9.51. The third kappa shape index (κ3) is 4.34. The van der Waals surface area contributed by atoms with Crippen LogP contribution in [0, 0.1) is 12.7 Å². The van der Waals surface area contributed by atoms with Gasteiger partial charge in [0.2, 0.25) is 0 Å². The molecule has 2 aromatic carbocycles. The normalized spacial score (nSPS) is 13.7. The van der Waals surface area contributed by atoms with Gasteiger partial charge in [-0.05, 0) is 49.6 Å². The number of nitrogens with one attached hydrogen (secondary N) is 2. The average molecular weight is 446 g/mol. The zero-order valence-corrected chi connectivity index (χ0v) is 16.8. The second kappa shape index (κ2) is 8.10. The zero-order valence-electron chi connectivity index (χ0n) is 16.8. The zero-order chi connectivity index (χ0) is 23.0. The van der Waals surface area contributed by atoms with Crippen LogP contribution >= 0.6 is 0 Å². The molecule has 1 saturated carbocycles. The molecule has 1 aliphatic carbocycles. The minimum Gasteiger partial charge on any atom is -0.349 e. The number of rotatable bonds is 5. The summed E-state index contributed by atoms with van der Waals surface area (Å²) >= 11 is 0. The molecule has 1 fully saturated rings. The van der Waals surface area contributed by atoms with Crippen molar-refractivity contribution in [3.63, 3.8) is 0 Å². The van der Waals surface area contributed by atoms with E-state index in [4.69, 9.17) is 0 Å². The molecule has 0 spiro atoms. The monoisotopic (exact) mass is 446 g/mol. The van der Waals surface area contributed by atoms with Gasteiger partial charge in [0.25, 0.3) is 11.8 Å². The predicted molar refractivity (Wildman–Crippen MR) is 108 cm³/mol. The standard InChI is InChI=1S/C22H18F4N4O2/c1-12-6-7-13(20(31)28-14-8-9-14)10-17(12)29-21(32)15-11-27-30(19(15)22(24,25)26)18-5-3-2-4-16(18)23/h2-7,10-11,14H,8-9H2,1H3,(H,28,31)(H,29,32). The summed E-state index contributed by atoms with van der Waals surface area (Å²) in [5.41, 5.74) is -1.60. The van der Waals surface area contributed by atoms with E-state index in [1.165, 1.54) is 18.2 Å². The molecule has 0 unspecified atom stereocenters. The first kappa shape index (κ1) is 21.5. The number of alkyl halides is 3. The van der Waals surface area contributed by atoms with Crippen molar-refractivity contribution in [3.8, 4) is 5.69 Å². The van der Waals surface area contributed by atoms with E-state index < -0.39 is 34.8 Å². The Labute approximate surface area is 180 Å². The van der Waals surface area contributed by atoms with Crippen LogP contribution in [0.15, 0.2) is 48.7 Å². The highest BCUT2D eigenvalue weighted by Gasteiger charge is 2.41. The lowest BCUT2D eigenvalue weighted by Gasteiger charge is -2.14. The van der Waals surface area contributed by atoms with Gasteiger partial charge in [-0.2, -0.15) is 18.3 Å². The number of benzene rings is 2. The lowest BCUT2D eigenvalue weighted by atomic mass is 10.1. The summed E-state index contributed by atoms with van der Waals surface area (Å²) in [7, 11) is 0. The molecule has 2 N–H and O–H groups in total. The van der Waals surface area contributed by atoms with Crippen LogP contribution in [0.25, 0.3) is 5.69 Å². The molecule has 32 heavy (non-hydrogen) atoms. The number of hydrogen-bond acceptors (Lipinski definition) is 3. The number of hydrogen-bond donors (Lipinski definition) is 2. The van der Waals surface area contributed by atoms with Crippen molar-refractivity contribution < 1.29 is 27.2 Å². The molecule has 0 radical (unpaired) electrons. The predicted octanol–water partition coefficient (Wildman–Crippen LogP) is 4.48. The smallest absolute Gasteiger partial charge is 0.349 e. The molecule has 166 valence electrons. The molecular weight excluding hydrogens is 428 g/mol. The fraction of sp³-hybridized carbons (Fsp3) is 0.227. The molecule has 10 heteroatoms. The van der Waals surface area contributed by atoms with Crippen LogP contribution in [0.5, 0.6) is 0 Å². The summed E-state index contributed by atoms with van der Waals surface area (Å²) < 4.78 is 55.9. The van der Waals surface area contributed by atoms with E-state index in [2.05, 4.69) is 15.7 Å². The number of nitrogens with zero attached hydrogens (tertiary/aromatic N) is 2. The van der Waals surface area contributed by atoms with E-state index in [0.717, 1.165) is 31.2 Å². The van der Waals surface area contributed by atoms with E-state index >= 15 is 0 Å². The van der Waals surface area contributed by atoms with Gasteiger partial charge in [0.15, 0.2) is 5.69 Å². The Kier molecular flexibility index (Phi) is 5.45. The second-order valence-corrected chi connectivity index (χ2v) is 7.50. The van der Waals surface area contributed by atoms with Crippen molar-refractivity contribution in [2.24, 2.45) is 0 Å². The van der Waals surface area contributed by atoms with E-state index in [1.807, 2.05) is 0 Å². The molecule has 4 rings (SSSR count). The van der Waals surface area contributed by atoms with Gasteiger partial charge >= 0.3 is 6.18 Å². The Morgan fingerprint density at radius 1 is 1.09 bits per heavy atom. The summed E-state index contributed by atoms with van der Waals surface area (Å²) in [5, 5.41) is 8.84. The van der Waals surface area contributed by atoms with Crippen molar-refractivity contribution in [2.45, 2.75) is 32.0 Å². The third-order valence-electron chi connectivity index (χ3n) is 5.02. The summed E-state index contributed by atoms with van der Waals surface area (Å²) in [6.45, 7) is 1.64. The van der Waals surface area contributed by atoms with Crippen LogP contribution in [-0.4, -0.2) is 27.6 Å². The summed E-state index contributed by atoms with van der Waals surface area (Å²) in [5.74, 6) is -2.33. The number of carbonyl (C=O) groups excluding carboxylic acids is 2. The lowest BCUT2D eigenvalue weighted by Crippen LogP contribution is -2.25. The van der Waals surface area contributed by atoms with Crippen LogP contribution in [0.1, 0.15) is 44.8 Å². The molecule has 0 atom stereocenters. The number of carbonyl (C=O) groups is 2. The first-order valence-corrected chi connectivity index (χ1v) is 9.78. The van der Waals surface area contributed by atoms with Crippen LogP contribution in [-0.2, 0) is 6.18 Å². The van der Waals surface area contributed by atoms with Crippen molar-refractivity contribution in [3.05, 3.63) is 76.9 Å². The van der Waals surface area contributed by atoms with Crippen molar-refractivity contribution in [1.82, 2.24) is 15.1 Å². The molecule has 1 aromatic heterocycles. The first-order valence-electron chi connectivity index (χ1n) is 9.78. The number of halogens is 4. The molecular formula is C22H18F4N4O2. The maximum Gasteiger partial charge on any atom is 0.434 e. The van der Waals surface area contributed by atoms with Gasteiger partial charge in [0, 0.05) is 17.3 Å². The van der Waals surface area contributed by atoms with E-state index in [1.54, 1.807) is 19.1 Å². The highest BCUT2D eigenvalue weighted by molar-refractivity contribution is 6.06. The highest BCUT2D eigenvalue weighted by Crippen LogP contribution is 2.34. The maximum absolute atomic E-state index is 14.1. The average Bonchev–Trinajstić information content (AvgIpc) is 3.42. The molecule has 3 aromatic rings. The van der Waals surface area contributed by atoms with Gasteiger partial charge in [-0.25, -0.2) is 9.07 Å². The first-order chi connectivity index (χ1) is 15.1. The van der Waals surface area contributed by atoms with Gasteiger partial charge in [0.05, 0.1) is 11.8 Å². The van der Waals surface area contributed by atoms with Gasteiger partial charge < -0.3 is 10.6 Å².